The molecule has 0 fully saturated rings. The maximum Gasteiger partial charge on any atom is 0.292 e. The van der Waals surface area contributed by atoms with Crippen molar-refractivity contribution in [3.8, 4) is 0 Å². The molecule has 0 saturated heterocycles. The van der Waals surface area contributed by atoms with Gasteiger partial charge in [-0.05, 0) is 33.4 Å². The quantitative estimate of drug-likeness (QED) is 0.583. The predicted octanol–water partition coefficient (Wildman–Crippen LogP) is 1.77. The number of benzene rings is 1. The van der Waals surface area contributed by atoms with Crippen LogP contribution >= 0.6 is 0 Å². The highest BCUT2D eigenvalue weighted by molar-refractivity contribution is 5.94. The summed E-state index contributed by atoms with van der Waals surface area (Å²) in [7, 11) is 0. The average molecular weight is 336 g/mol. The third-order valence-corrected chi connectivity index (χ3v) is 3.07. The van der Waals surface area contributed by atoms with Crippen LogP contribution in [0.1, 0.15) is 27.7 Å². The molecule has 0 saturated carbocycles. The van der Waals surface area contributed by atoms with Gasteiger partial charge in [0, 0.05) is 11.6 Å². The molecule has 8 heteroatoms. The lowest BCUT2D eigenvalue weighted by Crippen LogP contribution is -2.47. The number of hydrogen-bond acceptors (Lipinski definition) is 5. The van der Waals surface area contributed by atoms with Crippen LogP contribution in [0.5, 0.6) is 0 Å². The van der Waals surface area contributed by atoms with Crippen molar-refractivity contribution in [1.29, 1.82) is 0 Å². The number of rotatable bonds is 7. The van der Waals surface area contributed by atoms with Crippen LogP contribution in [0.2, 0.25) is 0 Å². The van der Waals surface area contributed by atoms with E-state index in [1.165, 1.54) is 18.2 Å². The van der Waals surface area contributed by atoms with Crippen LogP contribution in [0.3, 0.4) is 0 Å². The van der Waals surface area contributed by atoms with Crippen LogP contribution < -0.4 is 10.6 Å². The number of nitrogens with zero attached hydrogens (tertiary/aromatic N) is 2. The number of carbonyl (C=O) groups is 2. The number of para-hydroxylation sites is 2. The Morgan fingerprint density at radius 2 is 1.75 bits per heavy atom. The van der Waals surface area contributed by atoms with Gasteiger partial charge in [-0.3, -0.25) is 24.6 Å². The highest BCUT2D eigenvalue weighted by Crippen LogP contribution is 2.22. The Labute approximate surface area is 141 Å². The molecule has 0 heterocycles. The van der Waals surface area contributed by atoms with Gasteiger partial charge in [0.15, 0.2) is 0 Å². The highest BCUT2D eigenvalue weighted by Gasteiger charge is 2.19. The van der Waals surface area contributed by atoms with Crippen molar-refractivity contribution >= 4 is 23.2 Å². The van der Waals surface area contributed by atoms with E-state index in [9.17, 15) is 19.7 Å². The number of nitro benzene ring substituents is 1. The SMILES string of the molecule is CCN(CC(=O)Nc1ccccc1[N+](=O)[O-])CC(=O)NC(C)(C)C. The molecule has 1 aromatic carbocycles. The van der Waals surface area contributed by atoms with Gasteiger partial charge in [0.25, 0.3) is 5.69 Å². The van der Waals surface area contributed by atoms with Gasteiger partial charge < -0.3 is 10.6 Å². The topological polar surface area (TPSA) is 105 Å². The summed E-state index contributed by atoms with van der Waals surface area (Å²) < 4.78 is 0. The summed E-state index contributed by atoms with van der Waals surface area (Å²) in [4.78, 5) is 36.1. The Bertz CT molecular complexity index is 610. The molecule has 24 heavy (non-hydrogen) atoms. The summed E-state index contributed by atoms with van der Waals surface area (Å²) in [5.41, 5.74) is -0.370. The Kier molecular flexibility index (Phi) is 6.84. The van der Waals surface area contributed by atoms with Crippen molar-refractivity contribution in [2.24, 2.45) is 0 Å². The molecule has 2 amide bonds. The first-order valence-corrected chi connectivity index (χ1v) is 7.69. The molecule has 1 rings (SSSR count). The first-order chi connectivity index (χ1) is 11.1. The Morgan fingerprint density at radius 1 is 1.17 bits per heavy atom. The van der Waals surface area contributed by atoms with Crippen molar-refractivity contribution in [3.63, 3.8) is 0 Å². The number of nitro groups is 1. The van der Waals surface area contributed by atoms with Gasteiger partial charge in [-0.15, -0.1) is 0 Å². The van der Waals surface area contributed by atoms with Crippen LogP contribution in [0.4, 0.5) is 11.4 Å². The van der Waals surface area contributed by atoms with Gasteiger partial charge in [-0.2, -0.15) is 0 Å². The zero-order chi connectivity index (χ0) is 18.3. The number of likely N-dealkylation sites (N-methyl/N-ethyl adjacent to an activating group) is 1. The Hall–Kier alpha value is -2.48. The van der Waals surface area contributed by atoms with E-state index in [1.807, 2.05) is 27.7 Å². The molecule has 0 atom stereocenters. The van der Waals surface area contributed by atoms with Gasteiger partial charge in [0.2, 0.25) is 11.8 Å². The van der Waals surface area contributed by atoms with E-state index >= 15 is 0 Å². The molecule has 0 aliphatic heterocycles. The van der Waals surface area contributed by atoms with Crippen LogP contribution in [-0.2, 0) is 9.59 Å². The van der Waals surface area contributed by atoms with E-state index in [-0.39, 0.29) is 35.9 Å². The van der Waals surface area contributed by atoms with Crippen molar-refractivity contribution in [3.05, 3.63) is 34.4 Å². The van der Waals surface area contributed by atoms with E-state index in [0.29, 0.717) is 6.54 Å². The lowest BCUT2D eigenvalue weighted by molar-refractivity contribution is -0.383. The summed E-state index contributed by atoms with van der Waals surface area (Å²) in [5, 5.41) is 16.3. The highest BCUT2D eigenvalue weighted by atomic mass is 16.6. The second-order valence-electron chi connectivity index (χ2n) is 6.42. The maximum absolute atomic E-state index is 12.1. The molecule has 0 aliphatic carbocycles. The molecule has 0 radical (unpaired) electrons. The number of hydrogen-bond donors (Lipinski definition) is 2. The van der Waals surface area contributed by atoms with Crippen molar-refractivity contribution in [2.75, 3.05) is 25.0 Å². The van der Waals surface area contributed by atoms with E-state index in [2.05, 4.69) is 10.6 Å². The fourth-order valence-electron chi connectivity index (χ4n) is 2.07. The second-order valence-corrected chi connectivity index (χ2v) is 6.42. The fourth-order valence-corrected chi connectivity index (χ4v) is 2.07. The lowest BCUT2D eigenvalue weighted by Gasteiger charge is -2.24. The molecule has 1 aromatic rings. The molecule has 2 N–H and O–H groups in total. The molecular formula is C16H24N4O4. The van der Waals surface area contributed by atoms with Gasteiger partial charge in [-0.25, -0.2) is 0 Å². The third kappa shape index (κ3) is 6.74. The van der Waals surface area contributed by atoms with Crippen LogP contribution in [0.25, 0.3) is 0 Å². The zero-order valence-corrected chi connectivity index (χ0v) is 14.5. The summed E-state index contributed by atoms with van der Waals surface area (Å²) >= 11 is 0. The van der Waals surface area contributed by atoms with Gasteiger partial charge in [0.1, 0.15) is 5.69 Å². The zero-order valence-electron chi connectivity index (χ0n) is 14.5. The van der Waals surface area contributed by atoms with Crippen LogP contribution in [-0.4, -0.2) is 46.8 Å². The summed E-state index contributed by atoms with van der Waals surface area (Å²) in [6.45, 7) is 8.02. The van der Waals surface area contributed by atoms with Crippen molar-refractivity contribution in [2.45, 2.75) is 33.2 Å². The third-order valence-electron chi connectivity index (χ3n) is 3.07. The minimum atomic E-state index is -0.552. The molecule has 0 spiro atoms. The molecule has 0 aliphatic rings. The molecule has 0 unspecified atom stereocenters. The van der Waals surface area contributed by atoms with Gasteiger partial charge in [0.05, 0.1) is 18.0 Å². The van der Waals surface area contributed by atoms with Crippen LogP contribution in [0.15, 0.2) is 24.3 Å². The number of nitrogens with one attached hydrogen (secondary N) is 2. The minimum absolute atomic E-state index is 0.0277. The molecule has 0 bridgehead atoms. The van der Waals surface area contributed by atoms with Gasteiger partial charge >= 0.3 is 0 Å². The molecule has 8 nitrogen and oxygen atoms in total. The maximum atomic E-state index is 12.1. The molecule has 132 valence electrons. The predicted molar refractivity (Wildman–Crippen MR) is 91.7 cm³/mol. The summed E-state index contributed by atoms with van der Waals surface area (Å²) in [5.74, 6) is -0.586. The monoisotopic (exact) mass is 336 g/mol. The Morgan fingerprint density at radius 3 is 2.29 bits per heavy atom. The summed E-state index contributed by atoms with van der Waals surface area (Å²) in [6, 6.07) is 5.93. The largest absolute Gasteiger partial charge is 0.350 e. The van der Waals surface area contributed by atoms with Crippen molar-refractivity contribution < 1.29 is 14.5 Å². The van der Waals surface area contributed by atoms with Crippen molar-refractivity contribution in [1.82, 2.24) is 10.2 Å². The van der Waals surface area contributed by atoms with E-state index in [0.717, 1.165) is 0 Å². The lowest BCUT2D eigenvalue weighted by atomic mass is 10.1. The van der Waals surface area contributed by atoms with Gasteiger partial charge in [-0.1, -0.05) is 19.1 Å². The van der Waals surface area contributed by atoms with E-state index in [4.69, 9.17) is 0 Å². The minimum Gasteiger partial charge on any atom is -0.350 e. The smallest absolute Gasteiger partial charge is 0.292 e. The number of carbonyl (C=O) groups excluding carboxylic acids is 2. The number of anilines is 1. The summed E-state index contributed by atoms with van der Waals surface area (Å²) in [6.07, 6.45) is 0. The molecular weight excluding hydrogens is 312 g/mol. The first kappa shape index (κ1) is 19.6. The Balaban J connectivity index is 2.65. The van der Waals surface area contributed by atoms with E-state index in [1.54, 1.807) is 11.0 Å². The first-order valence-electron chi connectivity index (χ1n) is 7.69. The normalized spacial score (nSPS) is 11.2. The second kappa shape index (κ2) is 8.39. The molecule has 0 aromatic heterocycles. The average Bonchev–Trinajstić information content (AvgIpc) is 2.44. The fraction of sp³-hybridized carbons (Fsp3) is 0.500. The van der Waals surface area contributed by atoms with E-state index < -0.39 is 10.8 Å². The standard InChI is InChI=1S/C16H24N4O4/c1-5-19(11-15(22)18-16(2,3)4)10-14(21)17-12-8-6-7-9-13(12)20(23)24/h6-9H,5,10-11H2,1-4H3,(H,17,21)(H,18,22). The van der Waals surface area contributed by atoms with Crippen LogP contribution in [0, 0.1) is 10.1 Å². The number of amides is 2.